The van der Waals surface area contributed by atoms with E-state index in [2.05, 4.69) is 0 Å². The number of hydrogen-bond donors (Lipinski definition) is 1. The highest BCUT2D eigenvalue weighted by Gasteiger charge is 2.32. The van der Waals surface area contributed by atoms with Crippen molar-refractivity contribution in [3.05, 3.63) is 35.4 Å². The van der Waals surface area contributed by atoms with Gasteiger partial charge in [0.25, 0.3) is 0 Å². The third kappa shape index (κ3) is 6.33. The van der Waals surface area contributed by atoms with Crippen LogP contribution in [0.5, 0.6) is 0 Å². The van der Waals surface area contributed by atoms with E-state index in [-0.39, 0.29) is 30.9 Å². The van der Waals surface area contributed by atoms with Crippen molar-refractivity contribution < 1.29 is 28.2 Å². The molecule has 0 aliphatic heterocycles. The van der Waals surface area contributed by atoms with Gasteiger partial charge in [-0.2, -0.15) is 13.2 Å². The van der Waals surface area contributed by atoms with Gasteiger partial charge in [0, 0.05) is 6.42 Å². The van der Waals surface area contributed by atoms with E-state index in [0.717, 1.165) is 12.1 Å². The van der Waals surface area contributed by atoms with Crippen LogP contribution in [0, 0.1) is 0 Å². The van der Waals surface area contributed by atoms with E-state index in [4.69, 9.17) is 10.5 Å². The van der Waals surface area contributed by atoms with Gasteiger partial charge in [0.2, 0.25) is 0 Å². The fourth-order valence-electron chi connectivity index (χ4n) is 1.60. The molecular weight excluding hydrogens is 311 g/mol. The Kier molecular flexibility index (Phi) is 8.59. The van der Waals surface area contributed by atoms with Crippen molar-refractivity contribution in [3.8, 4) is 0 Å². The standard InChI is InChI=1S/C13H16F3NO2.ClH.H2O/c1-3-19-11(18)12(2,17)8-9-4-6-10(7-5-9)13(14,15)16;;/h4-7H,3,8,17H2,1-2H3;1H;1H2/t12-;;/m1../s1. The average Bonchev–Trinajstić information content (AvgIpc) is 2.28. The molecule has 0 aliphatic carbocycles. The number of halogens is 4. The lowest BCUT2D eigenvalue weighted by molar-refractivity contribution is -0.149. The summed E-state index contributed by atoms with van der Waals surface area (Å²) in [6.45, 7) is 3.35. The molecule has 0 unspecified atom stereocenters. The van der Waals surface area contributed by atoms with E-state index in [0.29, 0.717) is 5.56 Å². The van der Waals surface area contributed by atoms with Crippen LogP contribution >= 0.6 is 12.4 Å². The molecule has 0 fully saturated rings. The number of hydrogen-bond acceptors (Lipinski definition) is 3. The summed E-state index contributed by atoms with van der Waals surface area (Å²) in [6.07, 6.45) is -4.25. The summed E-state index contributed by atoms with van der Waals surface area (Å²) in [5.74, 6) is -0.574. The van der Waals surface area contributed by atoms with E-state index in [1.54, 1.807) is 6.92 Å². The number of rotatable bonds is 4. The third-order valence-corrected chi connectivity index (χ3v) is 2.59. The monoisotopic (exact) mass is 329 g/mol. The zero-order valence-corrected chi connectivity index (χ0v) is 12.5. The number of carbonyl (C=O) groups is 1. The molecular formula is C13H19ClF3NO3. The van der Waals surface area contributed by atoms with Gasteiger partial charge in [0.1, 0.15) is 5.54 Å². The van der Waals surface area contributed by atoms with Crippen LogP contribution in [0.3, 0.4) is 0 Å². The van der Waals surface area contributed by atoms with Crippen LogP contribution < -0.4 is 5.73 Å². The summed E-state index contributed by atoms with van der Waals surface area (Å²) >= 11 is 0. The Labute approximate surface area is 127 Å². The Morgan fingerprint density at radius 1 is 1.24 bits per heavy atom. The van der Waals surface area contributed by atoms with Gasteiger partial charge in [-0.3, -0.25) is 4.79 Å². The summed E-state index contributed by atoms with van der Waals surface area (Å²) in [6, 6.07) is 4.56. The molecule has 21 heavy (non-hydrogen) atoms. The Morgan fingerprint density at radius 3 is 2.10 bits per heavy atom. The number of carbonyl (C=O) groups excluding carboxylic acids is 1. The van der Waals surface area contributed by atoms with E-state index in [1.807, 2.05) is 0 Å². The van der Waals surface area contributed by atoms with Gasteiger partial charge in [-0.15, -0.1) is 12.4 Å². The quantitative estimate of drug-likeness (QED) is 0.859. The van der Waals surface area contributed by atoms with Gasteiger partial charge in [-0.05, 0) is 31.5 Å². The number of ether oxygens (including phenoxy) is 1. The van der Waals surface area contributed by atoms with Crippen LogP contribution in [0.2, 0.25) is 0 Å². The second-order valence-corrected chi connectivity index (χ2v) is 4.51. The van der Waals surface area contributed by atoms with Gasteiger partial charge >= 0.3 is 12.1 Å². The number of benzene rings is 1. The first-order valence-electron chi connectivity index (χ1n) is 5.79. The number of esters is 1. The Balaban J connectivity index is 0. The lowest BCUT2D eigenvalue weighted by Crippen LogP contribution is -2.48. The second kappa shape index (κ2) is 8.21. The van der Waals surface area contributed by atoms with Crippen LogP contribution in [-0.2, 0) is 22.1 Å². The molecule has 0 saturated carbocycles. The zero-order valence-electron chi connectivity index (χ0n) is 11.7. The molecule has 4 nitrogen and oxygen atoms in total. The van der Waals surface area contributed by atoms with E-state index >= 15 is 0 Å². The van der Waals surface area contributed by atoms with Crippen molar-refractivity contribution in [2.75, 3.05) is 6.61 Å². The van der Waals surface area contributed by atoms with Crippen LogP contribution in [0.25, 0.3) is 0 Å². The van der Waals surface area contributed by atoms with Crippen molar-refractivity contribution in [1.82, 2.24) is 0 Å². The van der Waals surface area contributed by atoms with Crippen molar-refractivity contribution in [1.29, 1.82) is 0 Å². The van der Waals surface area contributed by atoms with Crippen LogP contribution in [0.1, 0.15) is 25.0 Å². The molecule has 0 spiro atoms. The van der Waals surface area contributed by atoms with Gasteiger partial charge < -0.3 is 15.9 Å². The smallest absolute Gasteiger partial charge is 0.416 e. The maximum atomic E-state index is 12.4. The predicted octanol–water partition coefficient (Wildman–Crippen LogP) is 2.13. The first kappa shape index (κ1) is 22.0. The Hall–Kier alpha value is -1.31. The third-order valence-electron chi connectivity index (χ3n) is 2.59. The van der Waals surface area contributed by atoms with Crippen molar-refractivity contribution in [2.24, 2.45) is 5.73 Å². The summed E-state index contributed by atoms with van der Waals surface area (Å²) in [7, 11) is 0. The lowest BCUT2D eigenvalue weighted by Gasteiger charge is -2.22. The average molecular weight is 330 g/mol. The Morgan fingerprint density at radius 2 is 1.71 bits per heavy atom. The SMILES string of the molecule is CCOC(=O)[C@](C)(N)Cc1ccc(C(F)(F)F)cc1.Cl.O. The molecule has 1 aromatic carbocycles. The second-order valence-electron chi connectivity index (χ2n) is 4.51. The fraction of sp³-hybridized carbons (Fsp3) is 0.462. The Bertz CT molecular complexity index is 447. The first-order valence-corrected chi connectivity index (χ1v) is 5.79. The maximum Gasteiger partial charge on any atom is 0.416 e. The first-order chi connectivity index (χ1) is 8.66. The number of nitrogens with two attached hydrogens (primary N) is 1. The molecule has 4 N–H and O–H groups in total. The molecule has 0 amide bonds. The summed E-state index contributed by atoms with van der Waals surface area (Å²) in [5, 5.41) is 0. The largest absolute Gasteiger partial charge is 0.465 e. The molecule has 122 valence electrons. The summed E-state index contributed by atoms with van der Waals surface area (Å²) < 4.78 is 42.0. The molecule has 0 radical (unpaired) electrons. The molecule has 0 aromatic heterocycles. The van der Waals surface area contributed by atoms with Gasteiger partial charge in [-0.25, -0.2) is 0 Å². The van der Waals surface area contributed by atoms with E-state index in [9.17, 15) is 18.0 Å². The minimum atomic E-state index is -4.37. The van der Waals surface area contributed by atoms with E-state index < -0.39 is 23.2 Å². The molecule has 0 bridgehead atoms. The lowest BCUT2D eigenvalue weighted by atomic mass is 9.93. The molecule has 0 heterocycles. The van der Waals surface area contributed by atoms with Crippen LogP contribution in [0.15, 0.2) is 24.3 Å². The van der Waals surface area contributed by atoms with Crippen LogP contribution in [0.4, 0.5) is 13.2 Å². The minimum absolute atomic E-state index is 0. The van der Waals surface area contributed by atoms with Crippen molar-refractivity contribution in [3.63, 3.8) is 0 Å². The fourth-order valence-corrected chi connectivity index (χ4v) is 1.60. The topological polar surface area (TPSA) is 83.8 Å². The molecule has 0 aliphatic rings. The molecule has 1 atom stereocenters. The highest BCUT2D eigenvalue weighted by molar-refractivity contribution is 5.85. The van der Waals surface area contributed by atoms with Gasteiger partial charge in [-0.1, -0.05) is 12.1 Å². The van der Waals surface area contributed by atoms with Crippen LogP contribution in [-0.4, -0.2) is 23.6 Å². The highest BCUT2D eigenvalue weighted by atomic mass is 35.5. The van der Waals surface area contributed by atoms with Gasteiger partial charge in [0.15, 0.2) is 0 Å². The minimum Gasteiger partial charge on any atom is -0.465 e. The number of alkyl halides is 3. The summed E-state index contributed by atoms with van der Waals surface area (Å²) in [5.41, 5.74) is 4.37. The molecule has 0 saturated heterocycles. The zero-order chi connectivity index (χ0) is 14.7. The van der Waals surface area contributed by atoms with E-state index in [1.165, 1.54) is 19.1 Å². The molecule has 1 aromatic rings. The molecule has 1 rings (SSSR count). The van der Waals surface area contributed by atoms with Gasteiger partial charge in [0.05, 0.1) is 12.2 Å². The molecule has 8 heteroatoms. The van der Waals surface area contributed by atoms with Crippen molar-refractivity contribution >= 4 is 18.4 Å². The predicted molar refractivity (Wildman–Crippen MR) is 75.2 cm³/mol. The van der Waals surface area contributed by atoms with Crippen molar-refractivity contribution in [2.45, 2.75) is 32.0 Å². The normalized spacial score (nSPS) is 13.4. The maximum absolute atomic E-state index is 12.4. The highest BCUT2D eigenvalue weighted by Crippen LogP contribution is 2.29. The summed E-state index contributed by atoms with van der Waals surface area (Å²) in [4.78, 5) is 11.6.